The Morgan fingerprint density at radius 3 is 2.70 bits per heavy atom. The molecular weight excluding hydrogens is 477 g/mol. The molecule has 208 valence electrons. The number of fused-ring (bicyclic) bond motifs is 1. The molecule has 0 saturated carbocycles. The highest BCUT2D eigenvalue weighted by atomic mass is 19.1. The monoisotopic (exact) mass is 521 g/mol. The number of aryl methyl sites for hydroxylation is 2. The molecule has 2 aliphatic rings. The average molecular weight is 522 g/mol. The Morgan fingerprint density at radius 1 is 1.27 bits per heavy atom. The summed E-state index contributed by atoms with van der Waals surface area (Å²) in [5.41, 5.74) is 2.32. The van der Waals surface area contributed by atoms with Crippen LogP contribution in [0.2, 0.25) is 0 Å². The molecule has 0 aromatic carbocycles. The first kappa shape index (κ1) is 29.1. The van der Waals surface area contributed by atoms with E-state index in [4.69, 9.17) is 9.72 Å². The fourth-order valence-corrected chi connectivity index (χ4v) is 5.31. The third-order valence-corrected chi connectivity index (χ3v) is 7.59. The second kappa shape index (κ2) is 14.5. The summed E-state index contributed by atoms with van der Waals surface area (Å²) in [5, 5.41) is 15.8. The maximum Gasteiger partial charge on any atom is 0.326 e. The number of ether oxygens (including phenoxy) is 1. The highest BCUT2D eigenvalue weighted by molar-refractivity contribution is 5.83. The SMILES string of the molecule is CO[C@H](CF)CN(CCCCc1ccc2c(n1)NCCC2)CC[C@H](NC(=O)N1[C@@H](C)CC[C@@H]1C)C(=O)O. The molecule has 10 heteroatoms. The van der Waals surface area contributed by atoms with Gasteiger partial charge in [-0.3, -0.25) is 0 Å². The van der Waals surface area contributed by atoms with E-state index in [0.717, 1.165) is 63.0 Å². The van der Waals surface area contributed by atoms with Gasteiger partial charge in [-0.25, -0.2) is 19.0 Å². The number of aromatic nitrogens is 1. The van der Waals surface area contributed by atoms with Gasteiger partial charge in [-0.15, -0.1) is 0 Å². The minimum Gasteiger partial charge on any atom is -0.480 e. The van der Waals surface area contributed by atoms with Gasteiger partial charge in [-0.2, -0.15) is 0 Å². The number of halogens is 1. The molecule has 3 heterocycles. The number of rotatable bonds is 14. The van der Waals surface area contributed by atoms with Crippen molar-refractivity contribution in [2.45, 2.75) is 89.4 Å². The minimum absolute atomic E-state index is 0.0911. The lowest BCUT2D eigenvalue weighted by Crippen LogP contribution is -2.51. The number of unbranched alkanes of at least 4 members (excludes halogenated alkanes) is 1. The number of amides is 2. The summed E-state index contributed by atoms with van der Waals surface area (Å²) in [5.74, 6) is -0.0654. The Hall–Kier alpha value is -2.46. The van der Waals surface area contributed by atoms with Crippen LogP contribution < -0.4 is 10.6 Å². The molecule has 0 bridgehead atoms. The summed E-state index contributed by atoms with van der Waals surface area (Å²) in [6.45, 7) is 5.79. The van der Waals surface area contributed by atoms with E-state index in [1.807, 2.05) is 18.7 Å². The van der Waals surface area contributed by atoms with Crippen LogP contribution in [0.15, 0.2) is 12.1 Å². The summed E-state index contributed by atoms with van der Waals surface area (Å²) in [6, 6.07) is 3.10. The highest BCUT2D eigenvalue weighted by Gasteiger charge is 2.33. The number of pyridine rings is 1. The summed E-state index contributed by atoms with van der Waals surface area (Å²) in [6.07, 6.45) is 6.32. The van der Waals surface area contributed by atoms with E-state index in [0.29, 0.717) is 19.6 Å². The Balaban J connectivity index is 1.52. The van der Waals surface area contributed by atoms with E-state index in [2.05, 4.69) is 22.8 Å². The molecule has 9 nitrogen and oxygen atoms in total. The van der Waals surface area contributed by atoms with Crippen LogP contribution in [0, 0.1) is 0 Å². The third kappa shape index (κ3) is 8.53. The van der Waals surface area contributed by atoms with Gasteiger partial charge in [0, 0.05) is 44.5 Å². The first-order chi connectivity index (χ1) is 17.8. The van der Waals surface area contributed by atoms with Crippen molar-refractivity contribution in [1.82, 2.24) is 20.1 Å². The fraction of sp³-hybridized carbons (Fsp3) is 0.741. The second-order valence-electron chi connectivity index (χ2n) is 10.4. The molecule has 0 aliphatic carbocycles. The molecular formula is C27H44FN5O4. The number of carbonyl (C=O) groups excluding carboxylic acids is 1. The Morgan fingerprint density at radius 2 is 2.03 bits per heavy atom. The van der Waals surface area contributed by atoms with Crippen molar-refractivity contribution in [3.05, 3.63) is 23.4 Å². The number of methoxy groups -OCH3 is 1. The van der Waals surface area contributed by atoms with Gasteiger partial charge in [0.25, 0.3) is 0 Å². The third-order valence-electron chi connectivity index (χ3n) is 7.59. The van der Waals surface area contributed by atoms with E-state index >= 15 is 0 Å². The number of nitrogens with one attached hydrogen (secondary N) is 2. The number of hydrogen-bond acceptors (Lipinski definition) is 6. The first-order valence-electron chi connectivity index (χ1n) is 13.7. The van der Waals surface area contributed by atoms with E-state index in [9.17, 15) is 19.1 Å². The summed E-state index contributed by atoms with van der Waals surface area (Å²) in [7, 11) is 1.48. The largest absolute Gasteiger partial charge is 0.480 e. The molecule has 4 atom stereocenters. The number of likely N-dealkylation sites (tertiary alicyclic amines) is 1. The van der Waals surface area contributed by atoms with Crippen LogP contribution in [0.5, 0.6) is 0 Å². The van der Waals surface area contributed by atoms with Gasteiger partial charge in [0.2, 0.25) is 0 Å². The lowest BCUT2D eigenvalue weighted by atomic mass is 10.1. The summed E-state index contributed by atoms with van der Waals surface area (Å²) in [4.78, 5) is 33.2. The van der Waals surface area contributed by atoms with Crippen molar-refractivity contribution in [3.8, 4) is 0 Å². The molecule has 0 radical (unpaired) electrons. The molecule has 0 unspecified atom stereocenters. The van der Waals surface area contributed by atoms with Crippen molar-refractivity contribution in [2.75, 3.05) is 45.3 Å². The van der Waals surface area contributed by atoms with Crippen LogP contribution in [0.25, 0.3) is 0 Å². The topological polar surface area (TPSA) is 107 Å². The fourth-order valence-electron chi connectivity index (χ4n) is 5.31. The van der Waals surface area contributed by atoms with Crippen molar-refractivity contribution in [3.63, 3.8) is 0 Å². The number of alkyl halides is 1. The lowest BCUT2D eigenvalue weighted by molar-refractivity contribution is -0.139. The van der Waals surface area contributed by atoms with Crippen LogP contribution in [-0.2, 0) is 22.4 Å². The number of urea groups is 1. The minimum atomic E-state index is -1.06. The van der Waals surface area contributed by atoms with Crippen LogP contribution in [-0.4, -0.2) is 96.1 Å². The molecule has 1 saturated heterocycles. The standard InChI is InChI=1S/C27H44FN5O4/c1-19-9-10-20(2)33(19)27(36)31-24(26(34)35)13-16-32(18-23(17-28)37-3)15-5-4-8-22-12-11-21-7-6-14-29-25(21)30-22/h11-12,19-20,23-24H,4-10,13-18H2,1-3H3,(H,29,30)(H,31,36)(H,34,35)/t19-,20-,23+,24-/m0/s1. The van der Waals surface area contributed by atoms with Gasteiger partial charge in [0.15, 0.2) is 0 Å². The van der Waals surface area contributed by atoms with Gasteiger partial charge >= 0.3 is 12.0 Å². The molecule has 2 aliphatic heterocycles. The molecule has 1 aromatic rings. The normalized spacial score (nSPS) is 20.8. The first-order valence-corrected chi connectivity index (χ1v) is 13.7. The molecule has 3 N–H and O–H groups in total. The van der Waals surface area contributed by atoms with E-state index in [-0.39, 0.29) is 24.5 Å². The number of carboxylic acids is 1. The molecule has 0 spiro atoms. The Labute approximate surface area is 220 Å². The zero-order valence-corrected chi connectivity index (χ0v) is 22.5. The second-order valence-corrected chi connectivity index (χ2v) is 10.4. The summed E-state index contributed by atoms with van der Waals surface area (Å²) >= 11 is 0. The van der Waals surface area contributed by atoms with Crippen molar-refractivity contribution in [1.29, 1.82) is 0 Å². The average Bonchev–Trinajstić information content (AvgIpc) is 3.24. The zero-order valence-electron chi connectivity index (χ0n) is 22.5. The molecule has 2 amide bonds. The maximum atomic E-state index is 13.4. The zero-order chi connectivity index (χ0) is 26.8. The van der Waals surface area contributed by atoms with Crippen molar-refractivity contribution < 1.29 is 23.8 Å². The van der Waals surface area contributed by atoms with Crippen LogP contribution in [0.3, 0.4) is 0 Å². The summed E-state index contributed by atoms with van der Waals surface area (Å²) < 4.78 is 18.6. The Kier molecular flexibility index (Phi) is 11.4. The number of carboxylic acid groups (broad SMARTS) is 1. The van der Waals surface area contributed by atoms with Crippen LogP contribution >= 0.6 is 0 Å². The van der Waals surface area contributed by atoms with Crippen LogP contribution in [0.1, 0.15) is 63.6 Å². The van der Waals surface area contributed by atoms with E-state index in [1.54, 1.807) is 4.90 Å². The number of aliphatic carboxylic acids is 1. The van der Waals surface area contributed by atoms with Gasteiger partial charge in [-0.1, -0.05) is 6.07 Å². The molecule has 37 heavy (non-hydrogen) atoms. The van der Waals surface area contributed by atoms with Crippen molar-refractivity contribution >= 4 is 17.8 Å². The number of carbonyl (C=O) groups is 2. The van der Waals surface area contributed by atoms with Gasteiger partial charge < -0.3 is 30.3 Å². The van der Waals surface area contributed by atoms with Crippen LogP contribution in [0.4, 0.5) is 15.0 Å². The van der Waals surface area contributed by atoms with E-state index in [1.165, 1.54) is 12.7 Å². The number of nitrogens with zero attached hydrogens (tertiary/aromatic N) is 3. The van der Waals surface area contributed by atoms with Crippen molar-refractivity contribution in [2.24, 2.45) is 0 Å². The number of hydrogen-bond donors (Lipinski definition) is 3. The maximum absolute atomic E-state index is 13.4. The quantitative estimate of drug-likeness (QED) is 0.322. The van der Waals surface area contributed by atoms with E-state index < -0.39 is 24.8 Å². The molecule has 1 fully saturated rings. The van der Waals surface area contributed by atoms with Gasteiger partial charge in [-0.05, 0) is 83.4 Å². The Bertz CT molecular complexity index is 874. The van der Waals surface area contributed by atoms with Gasteiger partial charge in [0.1, 0.15) is 18.5 Å². The number of anilines is 1. The highest BCUT2D eigenvalue weighted by Crippen LogP contribution is 2.23. The molecule has 3 rings (SSSR count). The predicted octanol–water partition coefficient (Wildman–Crippen LogP) is 3.47. The van der Waals surface area contributed by atoms with Gasteiger partial charge in [0.05, 0.1) is 6.10 Å². The lowest BCUT2D eigenvalue weighted by Gasteiger charge is -2.30. The smallest absolute Gasteiger partial charge is 0.326 e. The molecule has 1 aromatic heterocycles. The predicted molar refractivity (Wildman–Crippen MR) is 142 cm³/mol.